The molecule has 0 saturated heterocycles. The topological polar surface area (TPSA) is 72.6 Å². The van der Waals surface area contributed by atoms with Crippen LogP contribution in [0.25, 0.3) is 5.65 Å². The first-order valence-electron chi connectivity index (χ1n) is 8.03. The number of fused-ring (bicyclic) bond motifs is 3. The minimum Gasteiger partial charge on any atom is -0.494 e. The predicted octanol–water partition coefficient (Wildman–Crippen LogP) is 3.20. The molecule has 0 spiro atoms. The van der Waals surface area contributed by atoms with Crippen LogP contribution in [0.3, 0.4) is 0 Å². The van der Waals surface area contributed by atoms with E-state index in [1.165, 1.54) is 19.5 Å². The number of carbonyl (C=O) groups is 1. The van der Waals surface area contributed by atoms with E-state index in [4.69, 9.17) is 27.9 Å². The van der Waals surface area contributed by atoms with Crippen molar-refractivity contribution in [2.24, 2.45) is 0 Å². The van der Waals surface area contributed by atoms with Crippen molar-refractivity contribution in [2.45, 2.75) is 19.4 Å². The molecule has 26 heavy (non-hydrogen) atoms. The second-order valence-electron chi connectivity index (χ2n) is 5.99. The first kappa shape index (κ1) is 17.1. The molecule has 3 aromatic heterocycles. The molecular weight excluding hydrogens is 377 g/mol. The molecule has 0 bridgehead atoms. The lowest BCUT2D eigenvalue weighted by atomic mass is 10.0. The Hall–Kier alpha value is -2.38. The van der Waals surface area contributed by atoms with Crippen molar-refractivity contribution in [3.8, 4) is 5.75 Å². The van der Waals surface area contributed by atoms with Crippen LogP contribution in [0.4, 0.5) is 0 Å². The number of aromatic nitrogens is 4. The monoisotopic (exact) mass is 391 g/mol. The molecule has 4 rings (SSSR count). The van der Waals surface area contributed by atoms with Crippen LogP contribution in [-0.2, 0) is 6.42 Å². The lowest BCUT2D eigenvalue weighted by molar-refractivity contribution is 0.0659. The van der Waals surface area contributed by atoms with Crippen molar-refractivity contribution >= 4 is 34.8 Å². The van der Waals surface area contributed by atoms with Gasteiger partial charge in [-0.05, 0) is 13.0 Å². The van der Waals surface area contributed by atoms with Crippen molar-refractivity contribution in [3.63, 3.8) is 0 Å². The van der Waals surface area contributed by atoms with E-state index in [2.05, 4.69) is 15.0 Å². The van der Waals surface area contributed by atoms with Crippen LogP contribution in [0.2, 0.25) is 10.0 Å². The third-order valence-electron chi connectivity index (χ3n) is 4.57. The smallest absolute Gasteiger partial charge is 0.292 e. The van der Waals surface area contributed by atoms with Crippen LogP contribution < -0.4 is 4.74 Å². The summed E-state index contributed by atoms with van der Waals surface area (Å²) in [6.07, 6.45) is 5.41. The summed E-state index contributed by atoms with van der Waals surface area (Å²) in [5.74, 6) is 0.403. The number of methoxy groups -OCH3 is 1. The van der Waals surface area contributed by atoms with Gasteiger partial charge < -0.3 is 14.0 Å². The van der Waals surface area contributed by atoms with E-state index in [9.17, 15) is 4.79 Å². The molecule has 1 aliphatic rings. The van der Waals surface area contributed by atoms with Gasteiger partial charge >= 0.3 is 0 Å². The van der Waals surface area contributed by atoms with Crippen LogP contribution in [-0.4, -0.2) is 43.8 Å². The van der Waals surface area contributed by atoms with Crippen molar-refractivity contribution in [1.82, 2.24) is 24.3 Å². The standard InChI is InChI=1S/C17H15Cl2N5O2/c1-9-14-12(22-16-13(19)11(18)3-5-24(14)16)4-6-23(9)17(25)15-20-7-10(26-2)8-21-15/h3,5,7-9H,4,6H2,1-2H3/t9-/m1/s1. The molecule has 134 valence electrons. The lowest BCUT2D eigenvalue weighted by Crippen LogP contribution is -2.40. The van der Waals surface area contributed by atoms with Crippen LogP contribution in [0.5, 0.6) is 5.75 Å². The van der Waals surface area contributed by atoms with Gasteiger partial charge in [-0.1, -0.05) is 23.2 Å². The fraction of sp³-hybridized carbons (Fsp3) is 0.294. The summed E-state index contributed by atoms with van der Waals surface area (Å²) >= 11 is 12.4. The SMILES string of the molecule is COc1cnc(C(=O)N2CCc3nc4c(Cl)c(Cl)ccn4c3[C@H]2C)nc1. The number of nitrogens with zero attached hydrogens (tertiary/aromatic N) is 5. The van der Waals surface area contributed by atoms with E-state index < -0.39 is 0 Å². The average Bonchev–Trinajstić information content (AvgIpc) is 3.05. The summed E-state index contributed by atoms with van der Waals surface area (Å²) in [4.78, 5) is 27.4. The summed E-state index contributed by atoms with van der Waals surface area (Å²) in [5.41, 5.74) is 2.44. The zero-order valence-electron chi connectivity index (χ0n) is 14.1. The van der Waals surface area contributed by atoms with Crippen molar-refractivity contribution in [1.29, 1.82) is 0 Å². The highest BCUT2D eigenvalue weighted by Crippen LogP contribution is 2.34. The average molecular weight is 392 g/mol. The van der Waals surface area contributed by atoms with Gasteiger partial charge in [-0.25, -0.2) is 15.0 Å². The normalized spacial score (nSPS) is 16.6. The van der Waals surface area contributed by atoms with Crippen molar-refractivity contribution in [3.05, 3.63) is 51.9 Å². The summed E-state index contributed by atoms with van der Waals surface area (Å²) in [6.45, 7) is 2.48. The quantitative estimate of drug-likeness (QED) is 0.670. The molecule has 0 radical (unpaired) electrons. The Labute approximate surface area is 159 Å². The maximum absolute atomic E-state index is 12.9. The zero-order chi connectivity index (χ0) is 18.4. The maximum atomic E-state index is 12.9. The highest BCUT2D eigenvalue weighted by Gasteiger charge is 2.33. The molecule has 3 aromatic rings. The Morgan fingerprint density at radius 1 is 1.31 bits per heavy atom. The van der Waals surface area contributed by atoms with E-state index in [1.54, 1.807) is 11.0 Å². The minimum absolute atomic E-state index is 0.135. The Balaban J connectivity index is 1.72. The number of ether oxygens (including phenoxy) is 1. The third-order valence-corrected chi connectivity index (χ3v) is 5.35. The molecule has 0 aromatic carbocycles. The van der Waals surface area contributed by atoms with Crippen LogP contribution >= 0.6 is 23.2 Å². The number of amides is 1. The number of imidazole rings is 1. The van der Waals surface area contributed by atoms with Crippen LogP contribution in [0.1, 0.15) is 35.0 Å². The van der Waals surface area contributed by atoms with E-state index in [1.807, 2.05) is 17.5 Å². The highest BCUT2D eigenvalue weighted by atomic mass is 35.5. The molecule has 0 saturated carbocycles. The fourth-order valence-corrected chi connectivity index (χ4v) is 3.59. The number of halogens is 2. The first-order chi connectivity index (χ1) is 12.5. The van der Waals surface area contributed by atoms with Gasteiger partial charge in [-0.2, -0.15) is 0 Å². The van der Waals surface area contributed by atoms with Crippen molar-refractivity contribution in [2.75, 3.05) is 13.7 Å². The molecule has 1 amide bonds. The van der Waals surface area contributed by atoms with Gasteiger partial charge in [0.25, 0.3) is 5.91 Å². The first-order valence-corrected chi connectivity index (χ1v) is 8.78. The molecule has 1 aliphatic heterocycles. The van der Waals surface area contributed by atoms with Gasteiger partial charge in [0.05, 0.1) is 42.0 Å². The molecular formula is C17H15Cl2N5O2. The molecule has 0 fully saturated rings. The minimum atomic E-state index is -0.235. The summed E-state index contributed by atoms with van der Waals surface area (Å²) in [5, 5.41) is 0.862. The molecule has 4 heterocycles. The Bertz CT molecular complexity index is 1000. The Kier molecular flexibility index (Phi) is 4.20. The van der Waals surface area contributed by atoms with Crippen LogP contribution in [0.15, 0.2) is 24.7 Å². The summed E-state index contributed by atoms with van der Waals surface area (Å²) < 4.78 is 6.93. The van der Waals surface area contributed by atoms with Gasteiger partial charge in [0, 0.05) is 19.2 Å². The Morgan fingerprint density at radius 3 is 2.73 bits per heavy atom. The van der Waals surface area contributed by atoms with Gasteiger partial charge in [0.1, 0.15) is 5.02 Å². The zero-order valence-corrected chi connectivity index (χ0v) is 15.6. The molecule has 1 atom stereocenters. The second-order valence-corrected chi connectivity index (χ2v) is 6.77. The summed E-state index contributed by atoms with van der Waals surface area (Å²) in [6, 6.07) is 1.52. The molecule has 0 aliphatic carbocycles. The molecule has 0 unspecified atom stereocenters. The van der Waals surface area contributed by atoms with Gasteiger partial charge in [0.2, 0.25) is 5.82 Å². The summed E-state index contributed by atoms with van der Waals surface area (Å²) in [7, 11) is 1.52. The largest absolute Gasteiger partial charge is 0.494 e. The van der Waals surface area contributed by atoms with Gasteiger partial charge in [-0.3, -0.25) is 4.79 Å². The van der Waals surface area contributed by atoms with E-state index in [-0.39, 0.29) is 17.8 Å². The number of hydrogen-bond donors (Lipinski definition) is 0. The van der Waals surface area contributed by atoms with E-state index >= 15 is 0 Å². The Morgan fingerprint density at radius 2 is 2.04 bits per heavy atom. The lowest BCUT2D eigenvalue weighted by Gasteiger charge is -2.32. The van der Waals surface area contributed by atoms with Crippen LogP contribution in [0, 0.1) is 0 Å². The number of hydrogen-bond acceptors (Lipinski definition) is 5. The highest BCUT2D eigenvalue weighted by molar-refractivity contribution is 6.43. The number of rotatable bonds is 2. The fourth-order valence-electron chi connectivity index (χ4n) is 3.25. The third kappa shape index (κ3) is 2.59. The predicted molar refractivity (Wildman–Crippen MR) is 97.0 cm³/mol. The van der Waals surface area contributed by atoms with E-state index in [0.717, 1.165) is 11.4 Å². The number of carbonyl (C=O) groups excluding carboxylic acids is 1. The molecule has 9 heteroatoms. The number of pyridine rings is 1. The molecule has 0 N–H and O–H groups in total. The van der Waals surface area contributed by atoms with Gasteiger partial charge in [-0.15, -0.1) is 0 Å². The maximum Gasteiger partial charge on any atom is 0.292 e. The molecule has 7 nitrogen and oxygen atoms in total. The van der Waals surface area contributed by atoms with Crippen molar-refractivity contribution < 1.29 is 9.53 Å². The van der Waals surface area contributed by atoms with E-state index in [0.29, 0.717) is 34.4 Å². The van der Waals surface area contributed by atoms with Gasteiger partial charge in [0.15, 0.2) is 11.4 Å². The second kappa shape index (κ2) is 6.41.